The maximum absolute atomic E-state index is 12.7. The Kier molecular flexibility index (Phi) is 7.60. The lowest BCUT2D eigenvalue weighted by Crippen LogP contribution is -3.05. The van der Waals surface area contributed by atoms with Gasteiger partial charge < -0.3 is 14.4 Å². The second-order valence-electron chi connectivity index (χ2n) is 7.59. The van der Waals surface area contributed by atoms with Gasteiger partial charge in [-0.25, -0.2) is 13.2 Å². The molecule has 1 fully saturated rings. The fourth-order valence-electron chi connectivity index (χ4n) is 3.28. The molecule has 30 heavy (non-hydrogen) atoms. The van der Waals surface area contributed by atoms with Crippen molar-refractivity contribution >= 4 is 16.0 Å². The van der Waals surface area contributed by atoms with Gasteiger partial charge >= 0.3 is 5.97 Å². The summed E-state index contributed by atoms with van der Waals surface area (Å²) in [6.07, 6.45) is 0.340. The average Bonchev–Trinajstić information content (AvgIpc) is 2.77. The van der Waals surface area contributed by atoms with Gasteiger partial charge in [0.05, 0.1) is 44.3 Å². The smallest absolute Gasteiger partial charge is 0.338 e. The topological polar surface area (TPSA) is 77.3 Å². The van der Waals surface area contributed by atoms with E-state index in [0.717, 1.165) is 12.1 Å². The minimum absolute atomic E-state index is 0.164. The summed E-state index contributed by atoms with van der Waals surface area (Å²) < 4.78 is 37.9. The Morgan fingerprint density at radius 2 is 1.70 bits per heavy atom. The molecule has 1 aliphatic heterocycles. The maximum atomic E-state index is 12.7. The molecule has 3 rings (SSSR count). The number of nitrogens with zero attached hydrogens (tertiary/aromatic N) is 1. The van der Waals surface area contributed by atoms with Crippen LogP contribution in [-0.4, -0.2) is 65.6 Å². The van der Waals surface area contributed by atoms with Crippen molar-refractivity contribution in [2.24, 2.45) is 0 Å². The van der Waals surface area contributed by atoms with E-state index in [9.17, 15) is 13.2 Å². The van der Waals surface area contributed by atoms with Crippen molar-refractivity contribution in [1.29, 1.82) is 0 Å². The van der Waals surface area contributed by atoms with Crippen molar-refractivity contribution in [3.05, 3.63) is 65.7 Å². The van der Waals surface area contributed by atoms with Crippen molar-refractivity contribution in [2.45, 2.75) is 17.4 Å². The molecule has 0 aromatic heterocycles. The van der Waals surface area contributed by atoms with E-state index in [-0.39, 0.29) is 11.0 Å². The first-order valence-corrected chi connectivity index (χ1v) is 11.5. The second kappa shape index (κ2) is 10.2. The van der Waals surface area contributed by atoms with Crippen molar-refractivity contribution in [1.82, 2.24) is 4.31 Å². The molecule has 2 aromatic rings. The number of rotatable bonds is 8. The van der Waals surface area contributed by atoms with E-state index in [1.54, 1.807) is 0 Å². The van der Waals surface area contributed by atoms with Crippen LogP contribution in [0, 0.1) is 0 Å². The number of quaternary nitrogens is 1. The van der Waals surface area contributed by atoms with Crippen LogP contribution >= 0.6 is 0 Å². The van der Waals surface area contributed by atoms with Crippen LogP contribution in [0.2, 0.25) is 0 Å². The van der Waals surface area contributed by atoms with E-state index < -0.39 is 16.0 Å². The highest BCUT2D eigenvalue weighted by Crippen LogP contribution is 2.23. The molecule has 1 saturated heterocycles. The molecule has 2 aromatic carbocycles. The number of carbonyl (C=O) groups excluding carboxylic acids is 1. The number of esters is 1. The third-order valence-electron chi connectivity index (χ3n) is 5.03. The van der Waals surface area contributed by atoms with Crippen LogP contribution in [0.1, 0.15) is 28.4 Å². The number of morpholine rings is 1. The van der Waals surface area contributed by atoms with E-state index in [2.05, 4.69) is 14.1 Å². The Bertz CT molecular complexity index is 924. The number of carbonyl (C=O) groups is 1. The van der Waals surface area contributed by atoms with Crippen LogP contribution in [0.15, 0.2) is 59.5 Å². The van der Waals surface area contributed by atoms with E-state index in [1.165, 1.54) is 33.5 Å². The van der Waals surface area contributed by atoms with Gasteiger partial charge in [-0.2, -0.15) is 4.31 Å². The molecule has 1 aliphatic rings. The molecule has 1 N–H and O–H groups in total. The number of hydrogen-bond donors (Lipinski definition) is 1. The zero-order valence-electron chi connectivity index (χ0n) is 17.4. The van der Waals surface area contributed by atoms with Gasteiger partial charge in [0.1, 0.15) is 6.10 Å². The van der Waals surface area contributed by atoms with Gasteiger partial charge in [-0.05, 0) is 29.8 Å². The quantitative estimate of drug-likeness (QED) is 0.632. The third-order valence-corrected chi connectivity index (χ3v) is 6.94. The zero-order valence-corrected chi connectivity index (χ0v) is 18.2. The summed E-state index contributed by atoms with van der Waals surface area (Å²) in [5.41, 5.74) is 1.27. The fourth-order valence-corrected chi connectivity index (χ4v) is 4.69. The number of hydrogen-bond acceptors (Lipinski definition) is 5. The molecule has 162 valence electrons. The molecule has 0 radical (unpaired) electrons. The molecule has 0 aliphatic carbocycles. The van der Waals surface area contributed by atoms with Crippen LogP contribution in [0.4, 0.5) is 0 Å². The lowest BCUT2D eigenvalue weighted by Gasteiger charge is -2.26. The predicted octanol–water partition coefficient (Wildman–Crippen LogP) is 1.14. The fraction of sp³-hybridized carbons (Fsp3) is 0.409. The van der Waals surface area contributed by atoms with Gasteiger partial charge in [-0.3, -0.25) is 0 Å². The highest BCUT2D eigenvalue weighted by molar-refractivity contribution is 7.89. The van der Waals surface area contributed by atoms with Crippen molar-refractivity contribution in [3.8, 4) is 0 Å². The molecule has 8 heteroatoms. The van der Waals surface area contributed by atoms with Crippen LogP contribution in [0.25, 0.3) is 0 Å². The summed E-state index contributed by atoms with van der Waals surface area (Å²) in [7, 11) is 0.516. The molecule has 0 bridgehead atoms. The molecule has 0 spiro atoms. The van der Waals surface area contributed by atoms with Gasteiger partial charge in [-0.15, -0.1) is 0 Å². The predicted molar refractivity (Wildman–Crippen MR) is 113 cm³/mol. The van der Waals surface area contributed by atoms with E-state index in [4.69, 9.17) is 9.47 Å². The second-order valence-corrected chi connectivity index (χ2v) is 9.53. The summed E-state index contributed by atoms with van der Waals surface area (Å²) in [6.45, 7) is 2.29. The lowest BCUT2D eigenvalue weighted by atomic mass is 10.1. The monoisotopic (exact) mass is 433 g/mol. The first-order chi connectivity index (χ1) is 14.4. The Morgan fingerprint density at radius 1 is 1.07 bits per heavy atom. The molecular formula is C22H29N2O5S+. The molecule has 1 atom stereocenters. The van der Waals surface area contributed by atoms with Gasteiger partial charge in [0.25, 0.3) is 0 Å². The molecule has 7 nitrogen and oxygen atoms in total. The molecule has 0 amide bonds. The SMILES string of the molecule is C[NH+](C)CC[C@@H](OC(=O)c1ccc(S(=O)(=O)N2CCOCC2)cc1)c1ccccc1. The van der Waals surface area contributed by atoms with E-state index >= 15 is 0 Å². The van der Waals surface area contributed by atoms with Crippen LogP contribution < -0.4 is 4.90 Å². The van der Waals surface area contributed by atoms with Gasteiger partial charge in [0, 0.05) is 19.5 Å². The minimum Gasteiger partial charge on any atom is -0.454 e. The van der Waals surface area contributed by atoms with Gasteiger partial charge in [-0.1, -0.05) is 30.3 Å². The first-order valence-electron chi connectivity index (χ1n) is 10.1. The Balaban J connectivity index is 1.72. The lowest BCUT2D eigenvalue weighted by molar-refractivity contribution is -0.858. The normalized spacial score (nSPS) is 16.4. The number of nitrogens with one attached hydrogen (secondary N) is 1. The van der Waals surface area contributed by atoms with Crippen LogP contribution in [0.5, 0.6) is 0 Å². The van der Waals surface area contributed by atoms with Crippen molar-refractivity contribution in [2.75, 3.05) is 46.9 Å². The summed E-state index contributed by atoms with van der Waals surface area (Å²) in [5.74, 6) is -0.465. The summed E-state index contributed by atoms with van der Waals surface area (Å²) in [6, 6.07) is 15.6. The molecule has 0 unspecified atom stereocenters. The average molecular weight is 434 g/mol. The Labute approximate surface area is 178 Å². The summed E-state index contributed by atoms with van der Waals surface area (Å²) in [4.78, 5) is 14.2. The van der Waals surface area contributed by atoms with E-state index in [1.807, 2.05) is 30.3 Å². The number of ether oxygens (including phenoxy) is 2. The largest absolute Gasteiger partial charge is 0.454 e. The Morgan fingerprint density at radius 3 is 2.30 bits per heavy atom. The highest BCUT2D eigenvalue weighted by Gasteiger charge is 2.27. The number of sulfonamides is 1. The minimum atomic E-state index is -3.59. The zero-order chi connectivity index (χ0) is 21.6. The number of benzene rings is 2. The molecule has 1 heterocycles. The van der Waals surface area contributed by atoms with Gasteiger partial charge in [0.2, 0.25) is 10.0 Å². The standard InChI is InChI=1S/C22H28N2O5S/c1-23(2)13-12-21(18-6-4-3-5-7-18)29-22(25)19-8-10-20(11-9-19)30(26,27)24-14-16-28-17-15-24/h3-11,21H,12-17H2,1-2H3/p+1/t21-/m1/s1. The first kappa shape index (κ1) is 22.4. The van der Waals surface area contributed by atoms with Gasteiger partial charge in [0.15, 0.2) is 0 Å². The van der Waals surface area contributed by atoms with Crippen LogP contribution in [-0.2, 0) is 19.5 Å². The molecular weight excluding hydrogens is 404 g/mol. The highest BCUT2D eigenvalue weighted by atomic mass is 32.2. The van der Waals surface area contributed by atoms with E-state index in [0.29, 0.717) is 38.3 Å². The van der Waals surface area contributed by atoms with Crippen LogP contribution in [0.3, 0.4) is 0 Å². The summed E-state index contributed by atoms with van der Waals surface area (Å²) >= 11 is 0. The van der Waals surface area contributed by atoms with Crippen molar-refractivity contribution < 1.29 is 27.6 Å². The molecule has 0 saturated carbocycles. The maximum Gasteiger partial charge on any atom is 0.338 e. The summed E-state index contributed by atoms with van der Waals surface area (Å²) in [5, 5.41) is 0. The third kappa shape index (κ3) is 5.66. The Hall–Kier alpha value is -2.26. The van der Waals surface area contributed by atoms with Crippen molar-refractivity contribution in [3.63, 3.8) is 0 Å².